The van der Waals surface area contributed by atoms with E-state index in [1.807, 2.05) is 30.3 Å². The highest BCUT2D eigenvalue weighted by molar-refractivity contribution is 6.17. The lowest BCUT2D eigenvalue weighted by atomic mass is 10.1. The molecule has 0 spiro atoms. The average Bonchev–Trinajstić information content (AvgIpc) is 2.38. The second-order valence-electron chi connectivity index (χ2n) is 4.19. The van der Waals surface area contributed by atoms with Crippen molar-refractivity contribution in [1.29, 1.82) is 0 Å². The van der Waals surface area contributed by atoms with Crippen molar-refractivity contribution in [2.45, 2.75) is 25.8 Å². The van der Waals surface area contributed by atoms with Gasteiger partial charge in [-0.1, -0.05) is 50.8 Å². The average molecular weight is 270 g/mol. The van der Waals surface area contributed by atoms with E-state index < -0.39 is 12.0 Å². The van der Waals surface area contributed by atoms with Crippen molar-refractivity contribution < 1.29 is 9.90 Å². The van der Waals surface area contributed by atoms with E-state index in [-0.39, 0.29) is 5.92 Å². The fourth-order valence-electron chi connectivity index (χ4n) is 1.03. The maximum atomic E-state index is 10.0. The standard InChI is InChI=1S/C9H9Cl.C5H11NO2/c1-2-8-3-5-9(7-10)6-4-8;1-3(2)4(6)5(7)8/h2-6H,1,7H2;3-4H,6H2,1-2H3,(H,7,8)/t;4-/m.0/s1. The zero-order chi connectivity index (χ0) is 14.1. The molecule has 1 aromatic rings. The third-order valence-electron chi connectivity index (χ3n) is 2.37. The van der Waals surface area contributed by atoms with E-state index in [0.717, 1.165) is 11.1 Å². The molecule has 0 aliphatic rings. The summed E-state index contributed by atoms with van der Waals surface area (Å²) in [6.45, 7) is 7.21. The second kappa shape index (κ2) is 8.72. The number of aliphatic carboxylic acids is 1. The Morgan fingerprint density at radius 3 is 2.17 bits per heavy atom. The number of benzene rings is 1. The predicted molar refractivity (Wildman–Crippen MR) is 76.5 cm³/mol. The molecule has 0 aliphatic carbocycles. The van der Waals surface area contributed by atoms with Gasteiger partial charge in [-0.25, -0.2) is 0 Å². The van der Waals surface area contributed by atoms with E-state index in [0.29, 0.717) is 5.88 Å². The van der Waals surface area contributed by atoms with Crippen LogP contribution in [0.4, 0.5) is 0 Å². The molecule has 100 valence electrons. The highest BCUT2D eigenvalue weighted by atomic mass is 35.5. The first-order chi connectivity index (χ1) is 8.42. The molecule has 0 fully saturated rings. The Hall–Kier alpha value is -1.32. The van der Waals surface area contributed by atoms with E-state index in [2.05, 4.69) is 6.58 Å². The Morgan fingerprint density at radius 2 is 1.94 bits per heavy atom. The molecule has 18 heavy (non-hydrogen) atoms. The Kier molecular flexibility index (Phi) is 8.08. The minimum atomic E-state index is -0.931. The molecule has 0 radical (unpaired) electrons. The maximum absolute atomic E-state index is 10.0. The van der Waals surface area contributed by atoms with Crippen LogP contribution in [-0.4, -0.2) is 17.1 Å². The van der Waals surface area contributed by atoms with Gasteiger partial charge in [0.25, 0.3) is 0 Å². The van der Waals surface area contributed by atoms with E-state index in [4.69, 9.17) is 22.4 Å². The summed E-state index contributed by atoms with van der Waals surface area (Å²) in [4.78, 5) is 10.0. The molecule has 0 saturated heterocycles. The van der Waals surface area contributed by atoms with Crippen LogP contribution in [0.5, 0.6) is 0 Å². The van der Waals surface area contributed by atoms with Crippen molar-refractivity contribution in [3.8, 4) is 0 Å². The monoisotopic (exact) mass is 269 g/mol. The summed E-state index contributed by atoms with van der Waals surface area (Å²) in [5.74, 6) is -0.329. The van der Waals surface area contributed by atoms with Crippen LogP contribution in [0.1, 0.15) is 25.0 Å². The number of carboxylic acid groups (broad SMARTS) is 1. The number of rotatable bonds is 4. The SMILES string of the molecule is C=Cc1ccc(CCl)cc1.CC(C)[C@H](N)C(=O)O. The first kappa shape index (κ1) is 16.7. The molecule has 1 atom stereocenters. The fourth-order valence-corrected chi connectivity index (χ4v) is 1.21. The number of hydrogen-bond acceptors (Lipinski definition) is 2. The lowest BCUT2D eigenvalue weighted by Crippen LogP contribution is -2.34. The Labute approximate surface area is 113 Å². The summed E-state index contributed by atoms with van der Waals surface area (Å²) >= 11 is 5.60. The first-order valence-electron chi connectivity index (χ1n) is 5.68. The fraction of sp³-hybridized carbons (Fsp3) is 0.357. The third kappa shape index (κ3) is 6.42. The van der Waals surface area contributed by atoms with Crippen LogP contribution in [-0.2, 0) is 10.7 Å². The summed E-state index contributed by atoms with van der Waals surface area (Å²) < 4.78 is 0. The van der Waals surface area contributed by atoms with Crippen molar-refractivity contribution in [2.24, 2.45) is 11.7 Å². The third-order valence-corrected chi connectivity index (χ3v) is 2.68. The zero-order valence-electron chi connectivity index (χ0n) is 10.8. The van der Waals surface area contributed by atoms with Gasteiger partial charge in [-0.2, -0.15) is 0 Å². The Bertz CT molecular complexity index is 374. The van der Waals surface area contributed by atoms with Gasteiger partial charge in [0, 0.05) is 5.88 Å². The van der Waals surface area contributed by atoms with Gasteiger partial charge in [-0.15, -0.1) is 11.6 Å². The lowest BCUT2D eigenvalue weighted by Gasteiger charge is -2.07. The summed E-state index contributed by atoms with van der Waals surface area (Å²) in [5, 5.41) is 8.23. The molecular formula is C14H20ClNO2. The zero-order valence-corrected chi connectivity index (χ0v) is 11.5. The van der Waals surface area contributed by atoms with Crippen LogP contribution < -0.4 is 5.73 Å². The largest absolute Gasteiger partial charge is 0.480 e. The summed E-state index contributed by atoms with van der Waals surface area (Å²) in [6.07, 6.45) is 1.82. The molecular weight excluding hydrogens is 250 g/mol. The number of hydrogen-bond donors (Lipinski definition) is 2. The molecule has 0 bridgehead atoms. The molecule has 0 aromatic heterocycles. The number of halogens is 1. The van der Waals surface area contributed by atoms with Crippen LogP contribution in [0.2, 0.25) is 0 Å². The second-order valence-corrected chi connectivity index (χ2v) is 4.45. The number of carbonyl (C=O) groups is 1. The van der Waals surface area contributed by atoms with Crippen LogP contribution in [0.15, 0.2) is 30.8 Å². The summed E-state index contributed by atoms with van der Waals surface area (Å²) in [6, 6.07) is 7.30. The van der Waals surface area contributed by atoms with Crippen LogP contribution in [0, 0.1) is 5.92 Å². The van der Waals surface area contributed by atoms with Crippen LogP contribution >= 0.6 is 11.6 Å². The summed E-state index contributed by atoms with van der Waals surface area (Å²) in [7, 11) is 0. The van der Waals surface area contributed by atoms with Gasteiger partial charge in [0.15, 0.2) is 0 Å². The molecule has 0 amide bonds. The van der Waals surface area contributed by atoms with Crippen molar-refractivity contribution in [1.82, 2.24) is 0 Å². The van der Waals surface area contributed by atoms with Crippen LogP contribution in [0.25, 0.3) is 6.08 Å². The molecule has 0 saturated carbocycles. The highest BCUT2D eigenvalue weighted by Crippen LogP contribution is 2.06. The predicted octanol–water partition coefficient (Wildman–Crippen LogP) is 3.12. The summed E-state index contributed by atoms with van der Waals surface area (Å²) in [5.41, 5.74) is 7.44. The van der Waals surface area contributed by atoms with Crippen molar-refractivity contribution in [2.75, 3.05) is 0 Å². The topological polar surface area (TPSA) is 63.3 Å². The molecule has 3 nitrogen and oxygen atoms in total. The molecule has 1 aromatic carbocycles. The first-order valence-corrected chi connectivity index (χ1v) is 6.21. The van der Waals surface area contributed by atoms with Gasteiger partial charge in [0.2, 0.25) is 0 Å². The molecule has 0 heterocycles. The molecule has 0 unspecified atom stereocenters. The van der Waals surface area contributed by atoms with Gasteiger partial charge in [-0.05, 0) is 17.0 Å². The smallest absolute Gasteiger partial charge is 0.320 e. The number of carboxylic acids is 1. The van der Waals surface area contributed by atoms with Gasteiger partial charge in [-0.3, -0.25) is 4.79 Å². The lowest BCUT2D eigenvalue weighted by molar-refractivity contribution is -0.139. The van der Waals surface area contributed by atoms with E-state index in [1.54, 1.807) is 13.8 Å². The number of alkyl halides is 1. The number of nitrogens with two attached hydrogens (primary N) is 1. The van der Waals surface area contributed by atoms with Gasteiger partial charge in [0.1, 0.15) is 6.04 Å². The Balaban J connectivity index is 0.000000331. The van der Waals surface area contributed by atoms with E-state index in [9.17, 15) is 4.79 Å². The molecule has 1 rings (SSSR count). The Morgan fingerprint density at radius 1 is 1.44 bits per heavy atom. The maximum Gasteiger partial charge on any atom is 0.320 e. The minimum Gasteiger partial charge on any atom is -0.480 e. The van der Waals surface area contributed by atoms with Crippen molar-refractivity contribution in [3.05, 3.63) is 42.0 Å². The van der Waals surface area contributed by atoms with E-state index in [1.165, 1.54) is 0 Å². The van der Waals surface area contributed by atoms with Gasteiger partial charge in [0.05, 0.1) is 0 Å². The minimum absolute atomic E-state index is 0.0208. The normalized spacial score (nSPS) is 11.4. The molecule has 3 N–H and O–H groups in total. The van der Waals surface area contributed by atoms with Crippen LogP contribution in [0.3, 0.4) is 0 Å². The van der Waals surface area contributed by atoms with Gasteiger partial charge < -0.3 is 10.8 Å². The quantitative estimate of drug-likeness (QED) is 0.826. The van der Waals surface area contributed by atoms with Gasteiger partial charge >= 0.3 is 5.97 Å². The van der Waals surface area contributed by atoms with Crippen molar-refractivity contribution in [3.63, 3.8) is 0 Å². The molecule has 4 heteroatoms. The highest BCUT2D eigenvalue weighted by Gasteiger charge is 2.14. The van der Waals surface area contributed by atoms with E-state index >= 15 is 0 Å². The van der Waals surface area contributed by atoms with Crippen molar-refractivity contribution >= 4 is 23.6 Å². The molecule has 0 aliphatic heterocycles.